The molecule has 1 aromatic rings. The van der Waals surface area contributed by atoms with Gasteiger partial charge in [0.15, 0.2) is 0 Å². The smallest absolute Gasteiger partial charge is 0.463 e. The van der Waals surface area contributed by atoms with E-state index in [1.165, 1.54) is 6.92 Å². The highest BCUT2D eigenvalue weighted by atomic mass is 19.4. The number of alkyl halides is 10. The normalized spacial score (nSPS) is 13.8. The molecule has 1 unspecified atom stereocenters. The molecule has 0 aromatic heterocycles. The van der Waals surface area contributed by atoms with Gasteiger partial charge in [0.25, 0.3) is 0 Å². The lowest BCUT2D eigenvalue weighted by Gasteiger charge is -2.22. The minimum absolute atomic E-state index is 0.440. The number of esters is 3. The lowest BCUT2D eigenvalue weighted by atomic mass is 10.1. The molecule has 0 N–H and O–H groups in total. The van der Waals surface area contributed by atoms with Crippen LogP contribution in [0.3, 0.4) is 0 Å². The molecule has 180 valence electrons. The lowest BCUT2D eigenvalue weighted by Crippen LogP contribution is -2.46. The number of hydrogen-bond donors (Lipinski definition) is 0. The second-order valence-electron chi connectivity index (χ2n) is 5.64. The van der Waals surface area contributed by atoms with Crippen LogP contribution in [0.4, 0.5) is 43.9 Å². The topological polar surface area (TPSA) is 78.9 Å². The van der Waals surface area contributed by atoms with Gasteiger partial charge in [0.05, 0.1) is 6.61 Å². The Labute approximate surface area is 171 Å². The van der Waals surface area contributed by atoms with Gasteiger partial charge in [-0.2, -0.15) is 43.9 Å². The van der Waals surface area contributed by atoms with Crippen molar-refractivity contribution < 1.29 is 72.5 Å². The largest absolute Gasteiger partial charge is 0.465 e. The third kappa shape index (κ3) is 5.79. The molecule has 0 bridgehead atoms. The van der Waals surface area contributed by atoms with Crippen molar-refractivity contribution in [1.82, 2.24) is 0 Å². The number of benzene rings is 1. The molecule has 0 saturated heterocycles. The van der Waals surface area contributed by atoms with E-state index in [-0.39, 0.29) is 0 Å². The fourth-order valence-electron chi connectivity index (χ4n) is 1.76. The molecule has 0 amide bonds. The van der Waals surface area contributed by atoms with Crippen molar-refractivity contribution in [1.29, 1.82) is 0 Å². The second kappa shape index (κ2) is 9.20. The molecule has 16 heteroatoms. The molecule has 0 aliphatic rings. The summed E-state index contributed by atoms with van der Waals surface area (Å²) in [6.45, 7) is 0.759. The molecule has 0 aliphatic carbocycles. The molecule has 0 radical (unpaired) electrons. The molecule has 6 nitrogen and oxygen atoms in total. The van der Waals surface area contributed by atoms with Crippen LogP contribution in [0.15, 0.2) is 24.3 Å². The van der Waals surface area contributed by atoms with Gasteiger partial charge < -0.3 is 14.2 Å². The standard InChI is InChI=1S/C16H10F10O6/c1-2-30-10(27)9(32-12(29)14(19,20)16(24,25)26)7-3-5-8(6-4-7)31-11(28)13(17,18)15(21,22)23/h3-6,9H,2H2,1H3. The Hall–Kier alpha value is -3.07. The minimum atomic E-state index is -6.37. The van der Waals surface area contributed by atoms with Gasteiger partial charge in [0.2, 0.25) is 6.10 Å². The van der Waals surface area contributed by atoms with Crippen molar-refractivity contribution in [2.24, 2.45) is 0 Å². The summed E-state index contributed by atoms with van der Waals surface area (Å²) in [4.78, 5) is 34.1. The third-order valence-corrected chi connectivity index (χ3v) is 3.34. The zero-order valence-corrected chi connectivity index (χ0v) is 15.3. The van der Waals surface area contributed by atoms with E-state index in [1.807, 2.05) is 0 Å². The highest BCUT2D eigenvalue weighted by molar-refractivity contribution is 5.84. The number of rotatable bonds is 7. The van der Waals surface area contributed by atoms with Crippen molar-refractivity contribution in [2.45, 2.75) is 37.2 Å². The fraction of sp³-hybridized carbons (Fsp3) is 0.438. The summed E-state index contributed by atoms with van der Waals surface area (Å²) >= 11 is 0. The van der Waals surface area contributed by atoms with Gasteiger partial charge in [-0.05, 0) is 19.1 Å². The van der Waals surface area contributed by atoms with Crippen molar-refractivity contribution in [2.75, 3.05) is 6.61 Å². The summed E-state index contributed by atoms with van der Waals surface area (Å²) in [5.74, 6) is -20.7. The molecule has 1 rings (SSSR count). The summed E-state index contributed by atoms with van der Waals surface area (Å²) < 4.78 is 137. The van der Waals surface area contributed by atoms with Gasteiger partial charge in [0.1, 0.15) is 5.75 Å². The highest BCUT2D eigenvalue weighted by Crippen LogP contribution is 2.39. The van der Waals surface area contributed by atoms with Crippen LogP contribution in [0.1, 0.15) is 18.6 Å². The average molecular weight is 488 g/mol. The number of ether oxygens (including phenoxy) is 3. The van der Waals surface area contributed by atoms with Crippen LogP contribution in [0, 0.1) is 0 Å². The Morgan fingerprint density at radius 3 is 1.62 bits per heavy atom. The summed E-state index contributed by atoms with van der Waals surface area (Å²) in [6.07, 6.45) is -15.2. The van der Waals surface area contributed by atoms with E-state index in [2.05, 4.69) is 14.2 Å². The number of halogens is 10. The molecule has 32 heavy (non-hydrogen) atoms. The maximum absolute atomic E-state index is 13.1. The van der Waals surface area contributed by atoms with Crippen molar-refractivity contribution in [3.63, 3.8) is 0 Å². The van der Waals surface area contributed by atoms with Crippen LogP contribution in [0.25, 0.3) is 0 Å². The van der Waals surface area contributed by atoms with Crippen molar-refractivity contribution in [3.05, 3.63) is 29.8 Å². The van der Waals surface area contributed by atoms with E-state index in [0.717, 1.165) is 0 Å². The van der Waals surface area contributed by atoms with Crippen molar-refractivity contribution in [3.8, 4) is 5.75 Å². The molecular formula is C16H10F10O6. The maximum atomic E-state index is 13.1. The SMILES string of the molecule is CCOC(=O)C(OC(=O)C(F)(F)C(F)(F)F)c1ccc(OC(=O)C(F)(F)C(F)(F)F)cc1. The Bertz CT molecular complexity index is 844. The van der Waals surface area contributed by atoms with Crippen LogP contribution < -0.4 is 4.74 Å². The molecule has 1 aromatic carbocycles. The average Bonchev–Trinajstić information content (AvgIpc) is 2.64. The zero-order valence-electron chi connectivity index (χ0n) is 15.3. The number of carbonyl (C=O) groups is 3. The van der Waals surface area contributed by atoms with Crippen molar-refractivity contribution >= 4 is 17.9 Å². The first-order valence-corrected chi connectivity index (χ1v) is 7.95. The van der Waals surface area contributed by atoms with E-state index in [9.17, 15) is 58.3 Å². The second-order valence-corrected chi connectivity index (χ2v) is 5.64. The van der Waals surface area contributed by atoms with Crippen LogP contribution >= 0.6 is 0 Å². The Morgan fingerprint density at radius 1 is 0.781 bits per heavy atom. The van der Waals surface area contributed by atoms with Gasteiger partial charge in [-0.25, -0.2) is 14.4 Å². The highest BCUT2D eigenvalue weighted by Gasteiger charge is 2.66. The van der Waals surface area contributed by atoms with E-state index in [1.54, 1.807) is 0 Å². The number of carbonyl (C=O) groups excluding carboxylic acids is 3. The monoisotopic (exact) mass is 488 g/mol. The maximum Gasteiger partial charge on any atom is 0.465 e. The first-order valence-electron chi connectivity index (χ1n) is 7.95. The summed E-state index contributed by atoms with van der Waals surface area (Å²) in [5.41, 5.74) is -0.669. The van der Waals surface area contributed by atoms with Gasteiger partial charge in [-0.15, -0.1) is 0 Å². The van der Waals surface area contributed by atoms with E-state index in [4.69, 9.17) is 0 Å². The van der Waals surface area contributed by atoms with E-state index in [0.29, 0.717) is 24.3 Å². The first-order chi connectivity index (χ1) is 14.4. The van der Waals surface area contributed by atoms with Crippen LogP contribution in [-0.2, 0) is 23.9 Å². The molecular weight excluding hydrogens is 478 g/mol. The van der Waals surface area contributed by atoms with Crippen LogP contribution in [-0.4, -0.2) is 48.7 Å². The van der Waals surface area contributed by atoms with Gasteiger partial charge in [0, 0.05) is 5.56 Å². The zero-order chi connectivity index (χ0) is 25.1. The molecule has 0 heterocycles. The van der Waals surface area contributed by atoms with Gasteiger partial charge in [-0.3, -0.25) is 0 Å². The van der Waals surface area contributed by atoms with E-state index >= 15 is 0 Å². The lowest BCUT2D eigenvalue weighted by molar-refractivity contribution is -0.282. The first kappa shape index (κ1) is 27.0. The Kier molecular flexibility index (Phi) is 7.75. The quantitative estimate of drug-likeness (QED) is 0.326. The predicted molar refractivity (Wildman–Crippen MR) is 79.5 cm³/mol. The van der Waals surface area contributed by atoms with Crippen LogP contribution in [0.2, 0.25) is 0 Å². The summed E-state index contributed by atoms with van der Waals surface area (Å²) in [7, 11) is 0. The van der Waals surface area contributed by atoms with E-state index < -0.39 is 66.1 Å². The molecule has 1 atom stereocenters. The molecule has 0 aliphatic heterocycles. The fourth-order valence-corrected chi connectivity index (χ4v) is 1.76. The molecule has 0 saturated carbocycles. The summed E-state index contributed by atoms with van der Waals surface area (Å²) in [5, 5.41) is 0. The van der Waals surface area contributed by atoms with Crippen LogP contribution in [0.5, 0.6) is 5.75 Å². The molecule has 0 spiro atoms. The third-order valence-electron chi connectivity index (χ3n) is 3.34. The molecule has 0 fully saturated rings. The van der Waals surface area contributed by atoms with Gasteiger partial charge in [-0.1, -0.05) is 12.1 Å². The number of hydrogen-bond acceptors (Lipinski definition) is 6. The van der Waals surface area contributed by atoms with Gasteiger partial charge >= 0.3 is 42.1 Å². The summed E-state index contributed by atoms with van der Waals surface area (Å²) in [6, 6.07) is 2.05. The minimum Gasteiger partial charge on any atom is -0.463 e. The Morgan fingerprint density at radius 2 is 1.22 bits per heavy atom. The predicted octanol–water partition coefficient (Wildman–Crippen LogP) is 4.13. The Balaban J connectivity index is 3.15.